The van der Waals surface area contributed by atoms with E-state index in [4.69, 9.17) is 5.73 Å². The number of aromatic nitrogens is 2. The molecule has 2 heterocycles. The molecule has 2 aromatic heterocycles. The molecule has 16 heavy (non-hydrogen) atoms. The summed E-state index contributed by atoms with van der Waals surface area (Å²) >= 11 is 5.09. The SMILES string of the molecule is Nc1ccnc(CSc2ncccc2Br)c1. The molecule has 5 heteroatoms. The smallest absolute Gasteiger partial charge is 0.111 e. The summed E-state index contributed by atoms with van der Waals surface area (Å²) in [7, 11) is 0. The van der Waals surface area contributed by atoms with E-state index in [-0.39, 0.29) is 0 Å². The maximum atomic E-state index is 5.68. The van der Waals surface area contributed by atoms with Crippen molar-refractivity contribution in [2.75, 3.05) is 5.73 Å². The number of rotatable bonds is 3. The summed E-state index contributed by atoms with van der Waals surface area (Å²) < 4.78 is 1.00. The average Bonchev–Trinajstić information content (AvgIpc) is 2.28. The third kappa shape index (κ3) is 2.96. The van der Waals surface area contributed by atoms with Crippen molar-refractivity contribution in [3.05, 3.63) is 46.8 Å². The Morgan fingerprint density at radius 1 is 1.25 bits per heavy atom. The highest BCUT2D eigenvalue weighted by Crippen LogP contribution is 2.27. The average molecular weight is 296 g/mol. The zero-order valence-corrected chi connectivity index (χ0v) is 10.8. The molecule has 0 radical (unpaired) electrons. The van der Waals surface area contributed by atoms with Gasteiger partial charge in [0.25, 0.3) is 0 Å². The van der Waals surface area contributed by atoms with E-state index in [1.165, 1.54) is 0 Å². The van der Waals surface area contributed by atoms with Gasteiger partial charge in [0, 0.05) is 28.3 Å². The first-order valence-electron chi connectivity index (χ1n) is 4.69. The van der Waals surface area contributed by atoms with Gasteiger partial charge in [-0.15, -0.1) is 0 Å². The van der Waals surface area contributed by atoms with Crippen LogP contribution in [0.5, 0.6) is 0 Å². The molecular weight excluding hydrogens is 286 g/mol. The molecule has 0 aromatic carbocycles. The van der Waals surface area contributed by atoms with E-state index in [9.17, 15) is 0 Å². The summed E-state index contributed by atoms with van der Waals surface area (Å²) in [5.74, 6) is 0.765. The van der Waals surface area contributed by atoms with Gasteiger partial charge >= 0.3 is 0 Å². The number of hydrogen-bond acceptors (Lipinski definition) is 4. The van der Waals surface area contributed by atoms with E-state index in [0.717, 1.165) is 26.6 Å². The van der Waals surface area contributed by atoms with Crippen molar-refractivity contribution in [1.29, 1.82) is 0 Å². The van der Waals surface area contributed by atoms with Crippen LogP contribution in [0, 0.1) is 0 Å². The standard InChI is InChI=1S/C11H10BrN3S/c12-10-2-1-4-15-11(10)16-7-9-6-8(13)3-5-14-9/h1-6H,7H2,(H2,13,14). The molecule has 82 valence electrons. The molecular formula is C11H10BrN3S. The number of nitrogens with zero attached hydrogens (tertiary/aromatic N) is 2. The quantitative estimate of drug-likeness (QED) is 0.884. The molecule has 2 N–H and O–H groups in total. The Kier molecular flexibility index (Phi) is 3.79. The van der Waals surface area contributed by atoms with Crippen LogP contribution < -0.4 is 5.73 Å². The van der Waals surface area contributed by atoms with Crippen LogP contribution in [0.1, 0.15) is 5.69 Å². The molecule has 0 amide bonds. The van der Waals surface area contributed by atoms with Crippen molar-refractivity contribution in [2.45, 2.75) is 10.8 Å². The highest BCUT2D eigenvalue weighted by atomic mass is 79.9. The van der Waals surface area contributed by atoms with Crippen LogP contribution in [0.4, 0.5) is 5.69 Å². The molecule has 0 bridgehead atoms. The van der Waals surface area contributed by atoms with Gasteiger partial charge in [-0.25, -0.2) is 4.98 Å². The molecule has 0 saturated heterocycles. The Morgan fingerprint density at radius 2 is 2.12 bits per heavy atom. The monoisotopic (exact) mass is 295 g/mol. The fourth-order valence-electron chi connectivity index (χ4n) is 1.20. The number of anilines is 1. The van der Waals surface area contributed by atoms with Crippen LogP contribution in [-0.4, -0.2) is 9.97 Å². The molecule has 2 aromatic rings. The van der Waals surface area contributed by atoms with Gasteiger partial charge in [-0.2, -0.15) is 0 Å². The van der Waals surface area contributed by atoms with Crippen molar-refractivity contribution < 1.29 is 0 Å². The minimum Gasteiger partial charge on any atom is -0.399 e. The molecule has 0 spiro atoms. The predicted octanol–water partition coefficient (Wildman–Crippen LogP) is 3.11. The lowest BCUT2D eigenvalue weighted by Crippen LogP contribution is -1.91. The molecule has 0 saturated carbocycles. The number of nitrogen functional groups attached to an aromatic ring is 1. The van der Waals surface area contributed by atoms with Crippen molar-refractivity contribution in [1.82, 2.24) is 9.97 Å². The molecule has 0 fully saturated rings. The first-order chi connectivity index (χ1) is 7.75. The Labute approximate surface area is 107 Å². The highest BCUT2D eigenvalue weighted by molar-refractivity contribution is 9.10. The predicted molar refractivity (Wildman–Crippen MR) is 70.1 cm³/mol. The summed E-state index contributed by atoms with van der Waals surface area (Å²) in [4.78, 5) is 8.51. The maximum absolute atomic E-state index is 5.68. The van der Waals surface area contributed by atoms with E-state index in [1.54, 1.807) is 30.2 Å². The van der Waals surface area contributed by atoms with Gasteiger partial charge in [0.1, 0.15) is 5.03 Å². The summed E-state index contributed by atoms with van der Waals surface area (Å²) in [6.45, 7) is 0. The van der Waals surface area contributed by atoms with E-state index in [0.29, 0.717) is 0 Å². The number of nitrogens with two attached hydrogens (primary N) is 1. The Hall–Kier alpha value is -1.07. The fraction of sp³-hybridized carbons (Fsp3) is 0.0909. The van der Waals surface area contributed by atoms with E-state index in [1.807, 2.05) is 18.2 Å². The van der Waals surface area contributed by atoms with Gasteiger partial charge in [-0.3, -0.25) is 4.98 Å². The van der Waals surface area contributed by atoms with Gasteiger partial charge in [0.15, 0.2) is 0 Å². The molecule has 3 nitrogen and oxygen atoms in total. The third-order valence-corrected chi connectivity index (χ3v) is 3.86. The second kappa shape index (κ2) is 5.32. The van der Waals surface area contributed by atoms with Crippen LogP contribution in [0.25, 0.3) is 0 Å². The van der Waals surface area contributed by atoms with Gasteiger partial charge in [-0.1, -0.05) is 11.8 Å². The fourth-order valence-corrected chi connectivity index (χ4v) is 2.58. The van der Waals surface area contributed by atoms with Crippen LogP contribution in [0.2, 0.25) is 0 Å². The van der Waals surface area contributed by atoms with Gasteiger partial charge < -0.3 is 5.73 Å². The molecule has 0 aliphatic rings. The number of pyridine rings is 2. The number of hydrogen-bond donors (Lipinski definition) is 1. The van der Waals surface area contributed by atoms with Crippen molar-refractivity contribution >= 4 is 33.4 Å². The zero-order valence-electron chi connectivity index (χ0n) is 8.43. The molecule has 0 atom stereocenters. The van der Waals surface area contributed by atoms with Crippen LogP contribution in [-0.2, 0) is 5.75 Å². The van der Waals surface area contributed by atoms with Crippen LogP contribution in [0.3, 0.4) is 0 Å². The second-order valence-corrected chi connectivity index (χ2v) is 4.98. The number of halogens is 1. The van der Waals surface area contributed by atoms with E-state index >= 15 is 0 Å². The third-order valence-electron chi connectivity index (χ3n) is 1.92. The Bertz CT molecular complexity index is 490. The largest absolute Gasteiger partial charge is 0.399 e. The summed E-state index contributed by atoms with van der Waals surface area (Å²) in [6, 6.07) is 7.53. The van der Waals surface area contributed by atoms with Crippen molar-refractivity contribution in [2.24, 2.45) is 0 Å². The molecule has 0 aliphatic carbocycles. The lowest BCUT2D eigenvalue weighted by atomic mass is 10.3. The van der Waals surface area contributed by atoms with Gasteiger partial charge in [0.2, 0.25) is 0 Å². The first kappa shape index (κ1) is 11.4. The van der Waals surface area contributed by atoms with Crippen molar-refractivity contribution in [3.8, 4) is 0 Å². The molecule has 0 unspecified atom stereocenters. The molecule has 0 aliphatic heterocycles. The minimum absolute atomic E-state index is 0.741. The normalized spacial score (nSPS) is 10.3. The minimum atomic E-state index is 0.741. The Balaban J connectivity index is 2.05. The number of thioether (sulfide) groups is 1. The highest BCUT2D eigenvalue weighted by Gasteiger charge is 2.02. The van der Waals surface area contributed by atoms with Gasteiger partial charge in [0.05, 0.1) is 5.69 Å². The lowest BCUT2D eigenvalue weighted by molar-refractivity contribution is 1.10. The lowest BCUT2D eigenvalue weighted by Gasteiger charge is -2.03. The maximum Gasteiger partial charge on any atom is 0.111 e. The molecule has 2 rings (SSSR count). The van der Waals surface area contributed by atoms with Crippen molar-refractivity contribution in [3.63, 3.8) is 0 Å². The summed E-state index contributed by atoms with van der Waals surface area (Å²) in [6.07, 6.45) is 3.50. The zero-order chi connectivity index (χ0) is 11.4. The van der Waals surface area contributed by atoms with E-state index in [2.05, 4.69) is 25.9 Å². The Morgan fingerprint density at radius 3 is 2.88 bits per heavy atom. The second-order valence-electron chi connectivity index (χ2n) is 3.16. The topological polar surface area (TPSA) is 51.8 Å². The first-order valence-corrected chi connectivity index (χ1v) is 6.47. The van der Waals surface area contributed by atoms with Crippen LogP contribution in [0.15, 0.2) is 46.2 Å². The van der Waals surface area contributed by atoms with Gasteiger partial charge in [-0.05, 0) is 40.2 Å². The summed E-state index contributed by atoms with van der Waals surface area (Å²) in [5, 5.41) is 0.965. The summed E-state index contributed by atoms with van der Waals surface area (Å²) in [5.41, 5.74) is 7.39. The van der Waals surface area contributed by atoms with E-state index < -0.39 is 0 Å². The van der Waals surface area contributed by atoms with Crippen LogP contribution >= 0.6 is 27.7 Å².